The molecular formula is C19H15F2N3O3S. The fourth-order valence-corrected chi connectivity index (χ4v) is 3.20. The lowest BCUT2D eigenvalue weighted by atomic mass is 10.1. The quantitative estimate of drug-likeness (QED) is 0.634. The van der Waals surface area contributed by atoms with E-state index in [0.29, 0.717) is 22.9 Å². The molecule has 0 saturated heterocycles. The van der Waals surface area contributed by atoms with Gasteiger partial charge in [0.05, 0.1) is 0 Å². The number of benzene rings is 2. The van der Waals surface area contributed by atoms with Gasteiger partial charge in [0.1, 0.15) is 5.75 Å². The molecule has 0 atom stereocenters. The van der Waals surface area contributed by atoms with Crippen LogP contribution in [0.1, 0.15) is 20.8 Å². The Kier molecular flexibility index (Phi) is 5.95. The van der Waals surface area contributed by atoms with E-state index >= 15 is 0 Å². The largest absolute Gasteiger partial charge is 0.484 e. The average Bonchev–Trinajstić information content (AvgIpc) is 3.10. The lowest BCUT2D eigenvalue weighted by Gasteiger charge is -2.06. The van der Waals surface area contributed by atoms with Crippen molar-refractivity contribution < 1.29 is 23.1 Å². The van der Waals surface area contributed by atoms with Crippen molar-refractivity contribution in [2.24, 2.45) is 5.73 Å². The third kappa shape index (κ3) is 5.10. The van der Waals surface area contributed by atoms with Crippen LogP contribution in [0.15, 0.2) is 48.7 Å². The molecule has 3 aromatic rings. The molecule has 0 bridgehead atoms. The second-order valence-electron chi connectivity index (χ2n) is 5.79. The van der Waals surface area contributed by atoms with Crippen LogP contribution in [0, 0.1) is 11.6 Å². The van der Waals surface area contributed by atoms with Crippen LogP contribution in [-0.4, -0.2) is 23.4 Å². The summed E-state index contributed by atoms with van der Waals surface area (Å²) in [4.78, 5) is 28.0. The molecule has 0 saturated carbocycles. The summed E-state index contributed by atoms with van der Waals surface area (Å²) in [6, 6.07) is 9.87. The fourth-order valence-electron chi connectivity index (χ4n) is 2.34. The Morgan fingerprint density at radius 1 is 1.14 bits per heavy atom. The zero-order chi connectivity index (χ0) is 20.1. The highest BCUT2D eigenvalue weighted by molar-refractivity contribution is 7.15. The van der Waals surface area contributed by atoms with Crippen LogP contribution in [0.25, 0.3) is 0 Å². The standard InChI is InChI=1S/C19H15F2N3O3S/c20-15-5-4-11(7-16(15)21)6-14-9-23-19(28-14)24-17(25)10-27-13-3-1-2-12(8-13)18(22)26/h1-5,7-9H,6,10H2,(H2,22,26)(H,23,24,25). The monoisotopic (exact) mass is 403 g/mol. The van der Waals surface area contributed by atoms with E-state index in [0.717, 1.165) is 17.0 Å². The molecule has 3 N–H and O–H groups in total. The second-order valence-corrected chi connectivity index (χ2v) is 6.90. The summed E-state index contributed by atoms with van der Waals surface area (Å²) in [5.74, 6) is -2.50. The number of carbonyl (C=O) groups is 2. The Labute approximate surface area is 163 Å². The van der Waals surface area contributed by atoms with Gasteiger partial charge in [-0.3, -0.25) is 14.9 Å². The predicted octanol–water partition coefficient (Wildman–Crippen LogP) is 3.13. The van der Waals surface area contributed by atoms with Gasteiger partial charge in [0.2, 0.25) is 5.91 Å². The summed E-state index contributed by atoms with van der Waals surface area (Å²) in [6.45, 7) is -0.277. The molecule has 2 aromatic carbocycles. The molecule has 0 unspecified atom stereocenters. The first kappa shape index (κ1) is 19.4. The number of thiazole rings is 1. The molecule has 0 spiro atoms. The number of aromatic nitrogens is 1. The van der Waals surface area contributed by atoms with Crippen molar-refractivity contribution in [1.29, 1.82) is 0 Å². The normalized spacial score (nSPS) is 10.5. The van der Waals surface area contributed by atoms with E-state index in [9.17, 15) is 18.4 Å². The molecule has 144 valence electrons. The highest BCUT2D eigenvalue weighted by Gasteiger charge is 2.10. The molecule has 0 aliphatic heterocycles. The van der Waals surface area contributed by atoms with E-state index in [2.05, 4.69) is 10.3 Å². The molecule has 28 heavy (non-hydrogen) atoms. The van der Waals surface area contributed by atoms with Crippen LogP contribution in [0.2, 0.25) is 0 Å². The lowest BCUT2D eigenvalue weighted by molar-refractivity contribution is -0.118. The summed E-state index contributed by atoms with van der Waals surface area (Å²) in [7, 11) is 0. The van der Waals surface area contributed by atoms with Crippen LogP contribution in [0.4, 0.5) is 13.9 Å². The molecule has 0 aliphatic rings. The molecule has 0 fully saturated rings. The van der Waals surface area contributed by atoms with Gasteiger partial charge in [0.25, 0.3) is 5.91 Å². The van der Waals surface area contributed by atoms with Crippen molar-refractivity contribution in [1.82, 2.24) is 4.98 Å². The van der Waals surface area contributed by atoms with Crippen molar-refractivity contribution in [3.05, 3.63) is 76.3 Å². The van der Waals surface area contributed by atoms with Crippen molar-refractivity contribution in [2.75, 3.05) is 11.9 Å². The first-order valence-corrected chi connectivity index (χ1v) is 8.93. The van der Waals surface area contributed by atoms with Gasteiger partial charge in [-0.15, -0.1) is 11.3 Å². The number of halogens is 2. The predicted molar refractivity (Wildman–Crippen MR) is 100 cm³/mol. The summed E-state index contributed by atoms with van der Waals surface area (Å²) in [5, 5.41) is 2.95. The van der Waals surface area contributed by atoms with E-state index in [1.54, 1.807) is 24.4 Å². The van der Waals surface area contributed by atoms with Gasteiger partial charge < -0.3 is 10.5 Å². The number of hydrogen-bond donors (Lipinski definition) is 2. The highest BCUT2D eigenvalue weighted by atomic mass is 32.1. The van der Waals surface area contributed by atoms with Crippen LogP contribution < -0.4 is 15.8 Å². The number of primary amides is 1. The van der Waals surface area contributed by atoms with E-state index in [1.807, 2.05) is 0 Å². The molecule has 2 amide bonds. The maximum Gasteiger partial charge on any atom is 0.264 e. The number of nitrogens with two attached hydrogens (primary N) is 1. The zero-order valence-corrected chi connectivity index (χ0v) is 15.3. The minimum atomic E-state index is -0.909. The maximum atomic E-state index is 13.3. The van der Waals surface area contributed by atoms with Gasteiger partial charge in [-0.1, -0.05) is 12.1 Å². The number of anilines is 1. The molecule has 1 heterocycles. The number of nitrogens with zero attached hydrogens (tertiary/aromatic N) is 1. The van der Waals surface area contributed by atoms with E-state index in [-0.39, 0.29) is 12.2 Å². The molecule has 6 nitrogen and oxygen atoms in total. The Balaban J connectivity index is 1.54. The molecule has 0 aliphatic carbocycles. The van der Waals surface area contributed by atoms with Crippen molar-refractivity contribution in [3.63, 3.8) is 0 Å². The van der Waals surface area contributed by atoms with Crippen LogP contribution in [0.3, 0.4) is 0 Å². The second kappa shape index (κ2) is 8.57. The summed E-state index contributed by atoms with van der Waals surface area (Å²) >= 11 is 1.22. The van der Waals surface area contributed by atoms with Crippen LogP contribution in [0.5, 0.6) is 5.75 Å². The van der Waals surface area contributed by atoms with Crippen molar-refractivity contribution >= 4 is 28.3 Å². The topological polar surface area (TPSA) is 94.3 Å². The first-order chi connectivity index (χ1) is 13.4. The smallest absolute Gasteiger partial charge is 0.264 e. The number of nitrogens with one attached hydrogen (secondary N) is 1. The van der Waals surface area contributed by atoms with Gasteiger partial charge in [-0.25, -0.2) is 13.8 Å². The summed E-state index contributed by atoms with van der Waals surface area (Å²) < 4.78 is 31.6. The Morgan fingerprint density at radius 2 is 1.96 bits per heavy atom. The SMILES string of the molecule is NC(=O)c1cccc(OCC(=O)Nc2ncc(Cc3ccc(F)c(F)c3)s2)c1. The Hall–Kier alpha value is -3.33. The molecule has 3 rings (SSSR count). The van der Waals surface area contributed by atoms with Gasteiger partial charge in [0, 0.05) is 23.1 Å². The Bertz CT molecular complexity index is 1020. The summed E-state index contributed by atoms with van der Waals surface area (Å²) in [5.41, 5.74) is 6.07. The Morgan fingerprint density at radius 3 is 2.71 bits per heavy atom. The van der Waals surface area contributed by atoms with Crippen LogP contribution in [-0.2, 0) is 11.2 Å². The average molecular weight is 403 g/mol. The van der Waals surface area contributed by atoms with E-state index in [4.69, 9.17) is 10.5 Å². The third-order valence-corrected chi connectivity index (χ3v) is 4.56. The van der Waals surface area contributed by atoms with E-state index in [1.165, 1.54) is 23.5 Å². The number of carbonyl (C=O) groups excluding carboxylic acids is 2. The number of ether oxygens (including phenoxy) is 1. The number of rotatable bonds is 7. The lowest BCUT2D eigenvalue weighted by Crippen LogP contribution is -2.20. The first-order valence-electron chi connectivity index (χ1n) is 8.12. The highest BCUT2D eigenvalue weighted by Crippen LogP contribution is 2.22. The molecule has 0 radical (unpaired) electrons. The maximum absolute atomic E-state index is 13.3. The van der Waals surface area contributed by atoms with Gasteiger partial charge in [-0.05, 0) is 35.9 Å². The molecular weight excluding hydrogens is 388 g/mol. The third-order valence-electron chi connectivity index (χ3n) is 3.65. The summed E-state index contributed by atoms with van der Waals surface area (Å²) in [6.07, 6.45) is 1.92. The number of amides is 2. The fraction of sp³-hybridized carbons (Fsp3) is 0.105. The number of hydrogen-bond acceptors (Lipinski definition) is 5. The van der Waals surface area contributed by atoms with E-state index < -0.39 is 23.4 Å². The van der Waals surface area contributed by atoms with Crippen molar-refractivity contribution in [2.45, 2.75) is 6.42 Å². The van der Waals surface area contributed by atoms with Gasteiger partial charge >= 0.3 is 0 Å². The minimum Gasteiger partial charge on any atom is -0.484 e. The van der Waals surface area contributed by atoms with Crippen molar-refractivity contribution in [3.8, 4) is 5.75 Å². The minimum absolute atomic E-state index is 0.277. The molecule has 9 heteroatoms. The van der Waals surface area contributed by atoms with Gasteiger partial charge in [-0.2, -0.15) is 0 Å². The zero-order valence-electron chi connectivity index (χ0n) is 14.4. The van der Waals surface area contributed by atoms with Gasteiger partial charge in [0.15, 0.2) is 23.4 Å². The molecule has 1 aromatic heterocycles. The van der Waals surface area contributed by atoms with Crippen LogP contribution >= 0.6 is 11.3 Å².